The molecule has 1 nitrogen and oxygen atoms in total. The minimum Gasteiger partial charge on any atom is -0.293 e. The molecule has 0 heterocycles. The van der Waals surface area contributed by atoms with Crippen molar-refractivity contribution in [2.24, 2.45) is 0 Å². The Morgan fingerprint density at radius 2 is 1.27 bits per heavy atom. The molecular formula is C20H15ClO. The van der Waals surface area contributed by atoms with Crippen LogP contribution in [0.4, 0.5) is 0 Å². The number of ketones is 1. The van der Waals surface area contributed by atoms with Gasteiger partial charge in [-0.15, -0.1) is 0 Å². The van der Waals surface area contributed by atoms with E-state index in [0.717, 1.165) is 11.1 Å². The summed E-state index contributed by atoms with van der Waals surface area (Å²) in [6, 6.07) is 26.8. The minimum absolute atomic E-state index is 0.0555. The number of benzene rings is 3. The van der Waals surface area contributed by atoms with Gasteiger partial charge in [0.2, 0.25) is 0 Å². The van der Waals surface area contributed by atoms with E-state index in [-0.39, 0.29) is 11.7 Å². The average Bonchev–Trinajstić information content (AvgIpc) is 2.57. The maximum atomic E-state index is 13.0. The van der Waals surface area contributed by atoms with Crippen molar-refractivity contribution in [1.82, 2.24) is 0 Å². The van der Waals surface area contributed by atoms with E-state index in [1.54, 1.807) is 12.1 Å². The van der Waals surface area contributed by atoms with Crippen LogP contribution in [0.5, 0.6) is 0 Å². The Hall–Kier alpha value is -2.38. The molecule has 0 atom stereocenters. The first-order valence-electron chi connectivity index (χ1n) is 7.15. The van der Waals surface area contributed by atoms with Gasteiger partial charge >= 0.3 is 0 Å². The lowest BCUT2D eigenvalue weighted by molar-refractivity contribution is 0.0974. The van der Waals surface area contributed by atoms with Crippen molar-refractivity contribution in [3.8, 4) is 0 Å². The van der Waals surface area contributed by atoms with Gasteiger partial charge in [0.25, 0.3) is 0 Å². The smallest absolute Gasteiger partial charge is 0.174 e. The molecule has 0 bridgehead atoms. The van der Waals surface area contributed by atoms with Gasteiger partial charge in [0.15, 0.2) is 5.78 Å². The van der Waals surface area contributed by atoms with Crippen LogP contribution in [0, 0.1) is 0 Å². The first kappa shape index (κ1) is 14.6. The molecule has 22 heavy (non-hydrogen) atoms. The van der Waals surface area contributed by atoms with Gasteiger partial charge in [-0.3, -0.25) is 4.79 Å². The van der Waals surface area contributed by atoms with Crippen LogP contribution in [0.15, 0.2) is 84.9 Å². The molecule has 0 N–H and O–H groups in total. The third kappa shape index (κ3) is 3.10. The van der Waals surface area contributed by atoms with Crippen molar-refractivity contribution in [2.45, 2.75) is 5.92 Å². The second-order valence-corrected chi connectivity index (χ2v) is 5.57. The molecule has 0 aliphatic carbocycles. The number of Topliss-reactive ketones (excluding diaryl/α,β-unsaturated/α-hetero) is 1. The summed E-state index contributed by atoms with van der Waals surface area (Å²) in [6.45, 7) is 0. The van der Waals surface area contributed by atoms with Crippen molar-refractivity contribution in [1.29, 1.82) is 0 Å². The van der Waals surface area contributed by atoms with E-state index in [1.165, 1.54) is 0 Å². The van der Waals surface area contributed by atoms with Crippen molar-refractivity contribution < 1.29 is 4.79 Å². The maximum absolute atomic E-state index is 13.0. The number of hydrogen-bond donors (Lipinski definition) is 0. The lowest BCUT2D eigenvalue weighted by Crippen LogP contribution is -2.14. The van der Waals surface area contributed by atoms with E-state index in [4.69, 9.17) is 11.6 Å². The highest BCUT2D eigenvalue weighted by Crippen LogP contribution is 2.29. The number of halogens is 1. The van der Waals surface area contributed by atoms with Gasteiger partial charge in [-0.1, -0.05) is 84.4 Å². The molecule has 0 fully saturated rings. The summed E-state index contributed by atoms with van der Waals surface area (Å²) in [7, 11) is 0. The molecule has 0 saturated heterocycles. The molecule has 0 spiro atoms. The average molecular weight is 307 g/mol. The normalized spacial score (nSPS) is 10.6. The van der Waals surface area contributed by atoms with Crippen LogP contribution in [-0.4, -0.2) is 5.78 Å². The summed E-state index contributed by atoms with van der Waals surface area (Å²) in [5, 5.41) is 0.575. The van der Waals surface area contributed by atoms with Gasteiger partial charge in [-0.05, 0) is 23.3 Å². The Morgan fingerprint density at radius 1 is 0.727 bits per heavy atom. The molecular weight excluding hydrogens is 292 g/mol. The van der Waals surface area contributed by atoms with Gasteiger partial charge < -0.3 is 0 Å². The molecule has 3 rings (SSSR count). The van der Waals surface area contributed by atoms with Crippen LogP contribution < -0.4 is 0 Å². The van der Waals surface area contributed by atoms with E-state index in [9.17, 15) is 4.79 Å². The predicted molar refractivity (Wildman–Crippen MR) is 90.5 cm³/mol. The molecule has 108 valence electrons. The highest BCUT2D eigenvalue weighted by Gasteiger charge is 2.23. The largest absolute Gasteiger partial charge is 0.293 e. The molecule has 0 radical (unpaired) electrons. The topological polar surface area (TPSA) is 17.1 Å². The Kier molecular flexibility index (Phi) is 4.36. The Balaban J connectivity index is 2.08. The molecule has 0 aliphatic heterocycles. The summed E-state index contributed by atoms with van der Waals surface area (Å²) in [5.74, 6) is -0.263. The quantitative estimate of drug-likeness (QED) is 0.593. The molecule has 0 aromatic heterocycles. The predicted octanol–water partition coefficient (Wildman–Crippen LogP) is 5.35. The standard InChI is InChI=1S/C20H15ClO/c21-18-13-7-12-17(14-18)20(22)19(15-8-3-1-4-9-15)16-10-5-2-6-11-16/h1-14,19H. The first-order valence-corrected chi connectivity index (χ1v) is 7.53. The van der Waals surface area contributed by atoms with Gasteiger partial charge in [-0.25, -0.2) is 0 Å². The summed E-state index contributed by atoms with van der Waals surface area (Å²) < 4.78 is 0. The highest BCUT2D eigenvalue weighted by molar-refractivity contribution is 6.31. The van der Waals surface area contributed by atoms with Crippen molar-refractivity contribution in [3.63, 3.8) is 0 Å². The van der Waals surface area contributed by atoms with Crippen LogP contribution >= 0.6 is 11.6 Å². The molecule has 3 aromatic rings. The zero-order valence-corrected chi connectivity index (χ0v) is 12.7. The number of rotatable bonds is 4. The van der Waals surface area contributed by atoms with E-state index in [1.807, 2.05) is 72.8 Å². The zero-order chi connectivity index (χ0) is 15.4. The maximum Gasteiger partial charge on any atom is 0.174 e. The fourth-order valence-corrected chi connectivity index (χ4v) is 2.78. The van der Waals surface area contributed by atoms with E-state index < -0.39 is 0 Å². The van der Waals surface area contributed by atoms with Gasteiger partial charge in [0.05, 0.1) is 5.92 Å². The second kappa shape index (κ2) is 6.59. The zero-order valence-electron chi connectivity index (χ0n) is 11.9. The van der Waals surface area contributed by atoms with E-state index >= 15 is 0 Å². The van der Waals surface area contributed by atoms with Crippen LogP contribution in [0.1, 0.15) is 27.4 Å². The summed E-state index contributed by atoms with van der Waals surface area (Å²) in [6.07, 6.45) is 0. The lowest BCUT2D eigenvalue weighted by Gasteiger charge is -2.17. The van der Waals surface area contributed by atoms with Gasteiger partial charge in [0, 0.05) is 10.6 Å². The summed E-state index contributed by atoms with van der Waals surface area (Å²) >= 11 is 6.03. The van der Waals surface area contributed by atoms with E-state index in [2.05, 4.69) is 0 Å². The molecule has 0 amide bonds. The number of carbonyl (C=O) groups is 1. The molecule has 0 unspecified atom stereocenters. The number of hydrogen-bond acceptors (Lipinski definition) is 1. The van der Waals surface area contributed by atoms with Crippen molar-refractivity contribution >= 4 is 17.4 Å². The Morgan fingerprint density at radius 3 is 1.77 bits per heavy atom. The van der Waals surface area contributed by atoms with Gasteiger partial charge in [-0.2, -0.15) is 0 Å². The molecule has 0 saturated carbocycles. The monoisotopic (exact) mass is 306 g/mol. The van der Waals surface area contributed by atoms with Crippen molar-refractivity contribution in [3.05, 3.63) is 107 Å². The molecule has 0 aliphatic rings. The third-order valence-electron chi connectivity index (χ3n) is 3.64. The fourth-order valence-electron chi connectivity index (χ4n) is 2.59. The highest BCUT2D eigenvalue weighted by atomic mass is 35.5. The first-order chi connectivity index (χ1) is 10.8. The molecule has 2 heteroatoms. The van der Waals surface area contributed by atoms with Crippen LogP contribution in [0.25, 0.3) is 0 Å². The Bertz CT molecular complexity index is 726. The summed E-state index contributed by atoms with van der Waals surface area (Å²) in [4.78, 5) is 13.0. The SMILES string of the molecule is O=C(c1cccc(Cl)c1)C(c1ccccc1)c1ccccc1. The van der Waals surface area contributed by atoms with Crippen LogP contribution in [0.3, 0.4) is 0 Å². The second-order valence-electron chi connectivity index (χ2n) is 5.13. The summed E-state index contributed by atoms with van der Waals surface area (Å²) in [5.41, 5.74) is 2.60. The third-order valence-corrected chi connectivity index (χ3v) is 3.87. The lowest BCUT2D eigenvalue weighted by atomic mass is 9.85. The fraction of sp³-hybridized carbons (Fsp3) is 0.0500. The minimum atomic E-state index is -0.319. The van der Waals surface area contributed by atoms with Crippen LogP contribution in [0.2, 0.25) is 5.02 Å². The Labute approximate surface area is 135 Å². The van der Waals surface area contributed by atoms with Crippen LogP contribution in [-0.2, 0) is 0 Å². The van der Waals surface area contributed by atoms with E-state index in [0.29, 0.717) is 10.6 Å². The molecule has 3 aromatic carbocycles. The van der Waals surface area contributed by atoms with Gasteiger partial charge in [0.1, 0.15) is 0 Å². The van der Waals surface area contributed by atoms with Crippen molar-refractivity contribution in [2.75, 3.05) is 0 Å². The number of carbonyl (C=O) groups excluding carboxylic acids is 1.